The number of aryl methyl sites for hydroxylation is 5. The van der Waals surface area contributed by atoms with Gasteiger partial charge in [0.15, 0.2) is 0 Å². The Labute approximate surface area is 374 Å². The summed E-state index contributed by atoms with van der Waals surface area (Å²) in [6.45, 7) is 17.0. The van der Waals surface area contributed by atoms with Crippen molar-refractivity contribution in [2.24, 2.45) is 0 Å². The third-order valence-corrected chi connectivity index (χ3v) is 12.8. The molecule has 3 aliphatic rings. The van der Waals surface area contributed by atoms with Crippen LogP contribution in [-0.2, 0) is 6.42 Å². The number of rotatable bonds is 7. The van der Waals surface area contributed by atoms with Crippen LogP contribution in [0.1, 0.15) is 76.8 Å². The molecule has 0 radical (unpaired) electrons. The molecule has 63 heavy (non-hydrogen) atoms. The molecule has 0 spiro atoms. The van der Waals surface area contributed by atoms with Crippen LogP contribution in [0.5, 0.6) is 0 Å². The molecule has 10 rings (SSSR count). The van der Waals surface area contributed by atoms with Crippen molar-refractivity contribution in [2.75, 3.05) is 4.90 Å². The molecule has 1 aliphatic heterocycles. The van der Waals surface area contributed by atoms with Gasteiger partial charge in [0, 0.05) is 29.9 Å². The summed E-state index contributed by atoms with van der Waals surface area (Å²) in [5, 5.41) is 11.1. The summed E-state index contributed by atoms with van der Waals surface area (Å²) in [5.41, 5.74) is 20.9. The SMILES string of the molecule is C=C/C=C\C=C/N(c1ccccc1)c1cc2c(cc(-c3c(C)cc(C)cc3C)c3cc4c(cc32)/C2=C/C=C\N/C=C\C=C\4C2)c2c1C=C(c1cccc3cccc(C)c13)CC2.CC. The summed E-state index contributed by atoms with van der Waals surface area (Å²) in [7, 11) is 0. The molecule has 0 saturated heterocycles. The molecule has 310 valence electrons. The molecule has 0 atom stereocenters. The van der Waals surface area contributed by atoms with Gasteiger partial charge in [0.05, 0.1) is 5.69 Å². The zero-order valence-electron chi connectivity index (χ0n) is 37.5. The second kappa shape index (κ2) is 17.7. The minimum atomic E-state index is 0.906. The van der Waals surface area contributed by atoms with E-state index in [0.29, 0.717) is 0 Å². The highest BCUT2D eigenvalue weighted by Gasteiger charge is 2.28. The summed E-state index contributed by atoms with van der Waals surface area (Å²) in [6, 6.07) is 39.0. The third-order valence-electron chi connectivity index (χ3n) is 12.8. The van der Waals surface area contributed by atoms with Crippen LogP contribution in [0.2, 0.25) is 0 Å². The number of allylic oxidation sites excluding steroid dienone is 11. The lowest BCUT2D eigenvalue weighted by Gasteiger charge is -2.29. The number of para-hydroxylation sites is 1. The van der Waals surface area contributed by atoms with Crippen LogP contribution < -0.4 is 10.2 Å². The van der Waals surface area contributed by atoms with E-state index in [9.17, 15) is 0 Å². The largest absolute Gasteiger partial charge is 0.368 e. The van der Waals surface area contributed by atoms with Gasteiger partial charge in [-0.25, -0.2) is 0 Å². The van der Waals surface area contributed by atoms with Crippen LogP contribution in [0.3, 0.4) is 0 Å². The van der Waals surface area contributed by atoms with Crippen molar-refractivity contribution in [3.8, 4) is 11.1 Å². The molecule has 0 saturated carbocycles. The first-order valence-corrected chi connectivity index (χ1v) is 22.5. The smallest absolute Gasteiger partial charge is 0.0537 e. The van der Waals surface area contributed by atoms with Gasteiger partial charge in [-0.15, -0.1) is 0 Å². The lowest BCUT2D eigenvalue weighted by molar-refractivity contribution is 1.01. The predicted molar refractivity (Wildman–Crippen MR) is 276 cm³/mol. The summed E-state index contributed by atoms with van der Waals surface area (Å²) in [4.78, 5) is 2.38. The van der Waals surface area contributed by atoms with Crippen LogP contribution in [0.25, 0.3) is 66.2 Å². The quantitative estimate of drug-likeness (QED) is 0.127. The van der Waals surface area contributed by atoms with Gasteiger partial charge < -0.3 is 10.2 Å². The number of fused-ring (bicyclic) bond motifs is 11. The van der Waals surface area contributed by atoms with Gasteiger partial charge in [-0.2, -0.15) is 0 Å². The van der Waals surface area contributed by atoms with E-state index in [1.54, 1.807) is 0 Å². The van der Waals surface area contributed by atoms with Crippen LogP contribution >= 0.6 is 0 Å². The van der Waals surface area contributed by atoms with Crippen LogP contribution in [-0.4, -0.2) is 0 Å². The summed E-state index contributed by atoms with van der Waals surface area (Å²) < 4.78 is 0. The molecule has 7 aromatic rings. The highest BCUT2D eigenvalue weighted by atomic mass is 15.1. The van der Waals surface area contributed by atoms with Crippen molar-refractivity contribution in [1.29, 1.82) is 0 Å². The maximum absolute atomic E-state index is 3.93. The molecule has 0 unspecified atom stereocenters. The Kier molecular flexibility index (Phi) is 11.6. The lowest BCUT2D eigenvalue weighted by Crippen LogP contribution is -2.13. The molecule has 2 heteroatoms. The van der Waals surface area contributed by atoms with E-state index in [1.165, 1.54) is 116 Å². The van der Waals surface area contributed by atoms with E-state index >= 15 is 0 Å². The zero-order chi connectivity index (χ0) is 43.6. The summed E-state index contributed by atoms with van der Waals surface area (Å²) in [6.07, 6.45) is 28.3. The topological polar surface area (TPSA) is 15.3 Å². The Morgan fingerprint density at radius 2 is 1.25 bits per heavy atom. The van der Waals surface area contributed by atoms with Gasteiger partial charge >= 0.3 is 0 Å². The Morgan fingerprint density at radius 1 is 0.587 bits per heavy atom. The second-order valence-corrected chi connectivity index (χ2v) is 16.8. The predicted octanol–water partition coefficient (Wildman–Crippen LogP) is 16.8. The Bertz CT molecular complexity index is 3150. The van der Waals surface area contributed by atoms with Gasteiger partial charge in [-0.05, 0) is 207 Å². The maximum atomic E-state index is 3.93. The molecule has 7 aromatic carbocycles. The highest BCUT2D eigenvalue weighted by molar-refractivity contribution is 6.19. The number of nitrogens with zero attached hydrogens (tertiary/aromatic N) is 1. The van der Waals surface area contributed by atoms with Crippen molar-refractivity contribution < 1.29 is 0 Å². The number of benzene rings is 7. The lowest BCUT2D eigenvalue weighted by atomic mass is 9.80. The first-order chi connectivity index (χ1) is 30.9. The molecule has 2 bridgehead atoms. The van der Waals surface area contributed by atoms with E-state index in [-0.39, 0.29) is 0 Å². The van der Waals surface area contributed by atoms with Crippen LogP contribution in [0.15, 0.2) is 177 Å². The van der Waals surface area contributed by atoms with Crippen LogP contribution in [0, 0.1) is 27.7 Å². The molecule has 0 amide bonds. The minimum absolute atomic E-state index is 0.906. The zero-order valence-corrected chi connectivity index (χ0v) is 37.5. The molecule has 0 fully saturated rings. The Balaban J connectivity index is 0.00000249. The molecule has 2 aliphatic carbocycles. The Hall–Kier alpha value is -7.16. The summed E-state index contributed by atoms with van der Waals surface area (Å²) in [5.74, 6) is 0. The van der Waals surface area contributed by atoms with Gasteiger partial charge in [0.25, 0.3) is 0 Å². The fourth-order valence-corrected chi connectivity index (χ4v) is 10.3. The van der Waals surface area contributed by atoms with Gasteiger partial charge in [0.2, 0.25) is 0 Å². The molecule has 2 nitrogen and oxygen atoms in total. The second-order valence-electron chi connectivity index (χ2n) is 16.8. The molecular weight excluding hydrogens is 761 g/mol. The highest BCUT2D eigenvalue weighted by Crippen LogP contribution is 2.50. The average molecular weight is 817 g/mol. The van der Waals surface area contributed by atoms with E-state index in [4.69, 9.17) is 0 Å². The fraction of sp³-hybridized carbons (Fsp3) is 0.148. The van der Waals surface area contributed by atoms with Crippen molar-refractivity contribution in [3.05, 3.63) is 227 Å². The molecule has 0 aromatic heterocycles. The minimum Gasteiger partial charge on any atom is -0.368 e. The van der Waals surface area contributed by atoms with Crippen molar-refractivity contribution in [1.82, 2.24) is 5.32 Å². The molecule has 1 N–H and O–H groups in total. The van der Waals surface area contributed by atoms with Crippen molar-refractivity contribution >= 4 is 66.5 Å². The van der Waals surface area contributed by atoms with E-state index in [1.807, 2.05) is 38.4 Å². The van der Waals surface area contributed by atoms with E-state index in [0.717, 1.165) is 24.9 Å². The van der Waals surface area contributed by atoms with Crippen molar-refractivity contribution in [3.63, 3.8) is 0 Å². The maximum Gasteiger partial charge on any atom is 0.0537 e. The number of nitrogens with one attached hydrogen (secondary N) is 1. The van der Waals surface area contributed by atoms with Gasteiger partial charge in [0.1, 0.15) is 0 Å². The molecular formula is C61H56N2. The van der Waals surface area contributed by atoms with Gasteiger partial charge in [-0.3, -0.25) is 0 Å². The summed E-state index contributed by atoms with van der Waals surface area (Å²) >= 11 is 0. The molecule has 1 heterocycles. The number of hydrogen-bond donors (Lipinski definition) is 1. The number of hydrogen-bond acceptors (Lipinski definition) is 2. The first kappa shape index (κ1) is 41.2. The van der Waals surface area contributed by atoms with E-state index < -0.39 is 0 Å². The van der Waals surface area contributed by atoms with Gasteiger partial charge in [-0.1, -0.05) is 123 Å². The fourth-order valence-electron chi connectivity index (χ4n) is 10.3. The average Bonchev–Trinajstić information content (AvgIpc) is 3.63. The van der Waals surface area contributed by atoms with Crippen molar-refractivity contribution in [2.45, 2.75) is 60.8 Å². The van der Waals surface area contributed by atoms with E-state index in [2.05, 4.69) is 196 Å². The Morgan fingerprint density at radius 3 is 1.97 bits per heavy atom. The number of anilines is 2. The van der Waals surface area contributed by atoms with Crippen LogP contribution in [0.4, 0.5) is 11.4 Å². The first-order valence-electron chi connectivity index (χ1n) is 22.5. The standard InChI is InChI=1S/C59H50N2.C2H6/c1-6-7-8-12-29-61(46-22-10-9-11-23-46)57-37-54-51(48-26-25-45(33-55(48)57)47-24-14-19-42-18-13-17-39(3)59(42)47)36-56(58-40(4)30-38(2)31-41(58)5)53-35-50-44-21-16-28-60-27-15-20-43(32-44)49(50)34-52(53)54;1-2/h6-24,27-31,33-37,60H,1,25-26,32H2,2-5H3;1-2H3/b8-7-,27-15-,28-16-,29-12-,43-20+,44-21+;. The monoisotopic (exact) mass is 816 g/mol. The third kappa shape index (κ3) is 7.61. The normalized spacial score (nSPS) is 16.9.